The number of ether oxygens (including phenoxy) is 1. The molecule has 1 saturated heterocycles. The van der Waals surface area contributed by atoms with Crippen LogP contribution in [0.4, 0.5) is 0 Å². The van der Waals surface area contributed by atoms with Crippen LogP contribution >= 0.6 is 0 Å². The number of hydrogen-bond acceptors (Lipinski definition) is 2. The van der Waals surface area contributed by atoms with Crippen molar-refractivity contribution in [2.45, 2.75) is 31.8 Å². The van der Waals surface area contributed by atoms with E-state index in [1.54, 1.807) is 4.90 Å². The van der Waals surface area contributed by atoms with Crippen molar-refractivity contribution in [3.8, 4) is 0 Å². The number of fused-ring (bicyclic) bond motifs is 1. The zero-order valence-corrected chi connectivity index (χ0v) is 13.3. The average Bonchev–Trinajstić information content (AvgIpc) is 2.49. The number of benzene rings is 1. The largest absolute Gasteiger partial charge is 1.00 e. The van der Waals surface area contributed by atoms with Crippen LogP contribution in [0.15, 0.2) is 30.3 Å². The summed E-state index contributed by atoms with van der Waals surface area (Å²) in [5, 5.41) is 0. The molecule has 0 aromatic heterocycles. The lowest BCUT2D eigenvalue weighted by molar-refractivity contribution is -0.891. The van der Waals surface area contributed by atoms with Gasteiger partial charge in [-0.3, -0.25) is 0 Å². The summed E-state index contributed by atoms with van der Waals surface area (Å²) in [6, 6.07) is 9.37. The molecule has 1 aromatic carbocycles. The number of piperidine rings is 1. The van der Waals surface area contributed by atoms with E-state index in [4.69, 9.17) is 4.74 Å². The quantitative estimate of drug-likeness (QED) is 0.678. The second kappa shape index (κ2) is 7.28. The van der Waals surface area contributed by atoms with Crippen molar-refractivity contribution in [2.75, 3.05) is 20.1 Å². The van der Waals surface area contributed by atoms with Crippen LogP contribution in [0.25, 0.3) is 0 Å². The Hall–Kier alpha value is -1.06. The summed E-state index contributed by atoms with van der Waals surface area (Å²) >= 11 is 0. The van der Waals surface area contributed by atoms with Crippen LogP contribution < -0.4 is 17.3 Å². The molecule has 4 unspecified atom stereocenters. The Bertz CT molecular complexity index is 465. The van der Waals surface area contributed by atoms with Crippen molar-refractivity contribution < 1.29 is 26.8 Å². The van der Waals surface area contributed by atoms with Crippen LogP contribution in [-0.4, -0.2) is 32.2 Å². The number of halogens is 1. The summed E-state index contributed by atoms with van der Waals surface area (Å²) < 4.78 is 5.84. The van der Waals surface area contributed by atoms with Gasteiger partial charge in [0.1, 0.15) is 6.10 Å². The molecule has 4 heteroatoms. The topological polar surface area (TPSA) is 30.7 Å². The van der Waals surface area contributed by atoms with Crippen LogP contribution in [0.5, 0.6) is 0 Å². The third kappa shape index (κ3) is 3.78. The highest BCUT2D eigenvalue weighted by Crippen LogP contribution is 2.35. The predicted molar refractivity (Wildman–Crippen MR) is 77.7 cm³/mol. The summed E-state index contributed by atoms with van der Waals surface area (Å²) in [7, 11) is 2.25. The molecule has 0 bridgehead atoms. The Morgan fingerprint density at radius 1 is 1.19 bits per heavy atom. The highest BCUT2D eigenvalue weighted by molar-refractivity contribution is 5.89. The molecule has 2 fully saturated rings. The molecule has 4 atom stereocenters. The van der Waals surface area contributed by atoms with Crippen molar-refractivity contribution in [1.82, 2.24) is 0 Å². The number of nitrogens with one attached hydrogen (secondary N) is 1. The van der Waals surface area contributed by atoms with Crippen LogP contribution in [0.1, 0.15) is 36.0 Å². The Kier molecular flexibility index (Phi) is 5.65. The second-order valence-corrected chi connectivity index (χ2v) is 6.36. The third-order valence-corrected chi connectivity index (χ3v) is 4.94. The SMILES string of the molecule is C[NH+]1CCC2CCCC(OC(=O)c3ccccc3)C2C1.[Cl-]. The molecular formula is C17H24ClNO2. The van der Waals surface area contributed by atoms with Gasteiger partial charge in [-0.05, 0) is 43.7 Å². The number of hydrogen-bond donors (Lipinski definition) is 1. The first-order chi connectivity index (χ1) is 9.74. The van der Waals surface area contributed by atoms with Crippen molar-refractivity contribution in [2.24, 2.45) is 11.8 Å². The fourth-order valence-corrected chi connectivity index (χ4v) is 3.83. The average molecular weight is 310 g/mol. The van der Waals surface area contributed by atoms with Gasteiger partial charge in [0.25, 0.3) is 0 Å². The van der Waals surface area contributed by atoms with Gasteiger partial charge in [0, 0.05) is 5.92 Å². The molecule has 0 radical (unpaired) electrons. The van der Waals surface area contributed by atoms with E-state index in [1.807, 2.05) is 30.3 Å². The van der Waals surface area contributed by atoms with E-state index in [9.17, 15) is 4.79 Å². The molecule has 3 nitrogen and oxygen atoms in total. The van der Waals surface area contributed by atoms with Gasteiger partial charge in [0.15, 0.2) is 0 Å². The van der Waals surface area contributed by atoms with Crippen LogP contribution in [0, 0.1) is 11.8 Å². The standard InChI is InChI=1S/C17H23NO2.ClH/c1-18-11-10-13-8-5-9-16(15(13)12-18)20-17(19)14-6-3-2-4-7-14;/h2-4,6-7,13,15-16H,5,8-12H2,1H3;1H. The van der Waals surface area contributed by atoms with Crippen LogP contribution in [0.2, 0.25) is 0 Å². The van der Waals surface area contributed by atoms with E-state index in [2.05, 4.69) is 7.05 Å². The highest BCUT2D eigenvalue weighted by atomic mass is 35.5. The third-order valence-electron chi connectivity index (χ3n) is 4.94. The number of esters is 1. The van der Waals surface area contributed by atoms with Gasteiger partial charge < -0.3 is 22.0 Å². The molecule has 1 aliphatic carbocycles. The first kappa shape index (κ1) is 16.3. The van der Waals surface area contributed by atoms with Gasteiger partial charge in [-0.25, -0.2) is 4.79 Å². The molecule has 1 aliphatic heterocycles. The lowest BCUT2D eigenvalue weighted by Gasteiger charge is -2.41. The lowest BCUT2D eigenvalue weighted by atomic mass is 9.73. The fraction of sp³-hybridized carbons (Fsp3) is 0.588. The molecule has 3 rings (SSSR count). The maximum absolute atomic E-state index is 12.2. The van der Waals surface area contributed by atoms with Gasteiger partial charge in [-0.15, -0.1) is 0 Å². The Balaban J connectivity index is 0.00000161. The van der Waals surface area contributed by atoms with Gasteiger partial charge in [0.2, 0.25) is 0 Å². The van der Waals surface area contributed by atoms with E-state index in [0.29, 0.717) is 11.5 Å². The van der Waals surface area contributed by atoms with E-state index in [0.717, 1.165) is 18.9 Å². The Morgan fingerprint density at radius 3 is 2.71 bits per heavy atom. The van der Waals surface area contributed by atoms with Crippen molar-refractivity contribution in [3.05, 3.63) is 35.9 Å². The monoisotopic (exact) mass is 309 g/mol. The van der Waals surface area contributed by atoms with Gasteiger partial charge in [-0.1, -0.05) is 18.2 Å². The molecule has 1 heterocycles. The van der Waals surface area contributed by atoms with Crippen molar-refractivity contribution in [3.63, 3.8) is 0 Å². The molecular weight excluding hydrogens is 286 g/mol. The van der Waals surface area contributed by atoms with E-state index < -0.39 is 0 Å². The molecule has 0 amide bonds. The molecule has 1 N–H and O–H groups in total. The smallest absolute Gasteiger partial charge is 0.338 e. The summed E-state index contributed by atoms with van der Waals surface area (Å²) in [4.78, 5) is 13.8. The molecule has 116 valence electrons. The summed E-state index contributed by atoms with van der Waals surface area (Å²) in [6.45, 7) is 2.41. The minimum Gasteiger partial charge on any atom is -1.00 e. The first-order valence-electron chi connectivity index (χ1n) is 7.81. The highest BCUT2D eigenvalue weighted by Gasteiger charge is 2.40. The number of rotatable bonds is 2. The second-order valence-electron chi connectivity index (χ2n) is 6.36. The van der Waals surface area contributed by atoms with Gasteiger partial charge >= 0.3 is 5.97 Å². The molecule has 1 aromatic rings. The maximum atomic E-state index is 12.2. The normalized spacial score (nSPS) is 31.7. The van der Waals surface area contributed by atoms with Gasteiger partial charge in [-0.2, -0.15) is 0 Å². The lowest BCUT2D eigenvalue weighted by Crippen LogP contribution is -3.11. The number of quaternary nitrogens is 1. The molecule has 2 aliphatic rings. The van der Waals surface area contributed by atoms with E-state index in [-0.39, 0.29) is 24.5 Å². The predicted octanol–water partition coefficient (Wildman–Crippen LogP) is -1.45. The Labute approximate surface area is 133 Å². The Morgan fingerprint density at radius 2 is 1.95 bits per heavy atom. The first-order valence-corrected chi connectivity index (χ1v) is 7.81. The maximum Gasteiger partial charge on any atom is 0.338 e. The van der Waals surface area contributed by atoms with Crippen LogP contribution in [-0.2, 0) is 4.74 Å². The van der Waals surface area contributed by atoms with Crippen molar-refractivity contribution in [1.29, 1.82) is 0 Å². The molecule has 0 spiro atoms. The van der Waals surface area contributed by atoms with Crippen molar-refractivity contribution >= 4 is 5.97 Å². The molecule has 1 saturated carbocycles. The summed E-state index contributed by atoms with van der Waals surface area (Å²) in [5.41, 5.74) is 0.672. The van der Waals surface area contributed by atoms with E-state index >= 15 is 0 Å². The minimum atomic E-state index is -0.153. The molecule has 21 heavy (non-hydrogen) atoms. The zero-order valence-electron chi connectivity index (χ0n) is 12.6. The summed E-state index contributed by atoms with van der Waals surface area (Å²) in [6.07, 6.45) is 4.96. The van der Waals surface area contributed by atoms with E-state index in [1.165, 1.54) is 25.8 Å². The minimum absolute atomic E-state index is 0. The fourth-order valence-electron chi connectivity index (χ4n) is 3.83. The van der Waals surface area contributed by atoms with Crippen LogP contribution in [0.3, 0.4) is 0 Å². The number of carbonyl (C=O) groups is 1. The van der Waals surface area contributed by atoms with Gasteiger partial charge in [0.05, 0.1) is 25.7 Å². The summed E-state index contributed by atoms with van der Waals surface area (Å²) in [5.74, 6) is 1.17. The number of carbonyl (C=O) groups excluding carboxylic acids is 1. The zero-order chi connectivity index (χ0) is 13.9. The number of likely N-dealkylation sites (tertiary alicyclic amines) is 1.